The van der Waals surface area contributed by atoms with Crippen molar-refractivity contribution in [3.63, 3.8) is 0 Å². The van der Waals surface area contributed by atoms with E-state index in [0.29, 0.717) is 11.8 Å². The van der Waals surface area contributed by atoms with Crippen LogP contribution < -0.4 is 0 Å². The van der Waals surface area contributed by atoms with E-state index in [1.807, 2.05) is 0 Å². The summed E-state index contributed by atoms with van der Waals surface area (Å²) in [6.07, 6.45) is 6.92. The maximum absolute atomic E-state index is 3.61. The summed E-state index contributed by atoms with van der Waals surface area (Å²) < 4.78 is 0. The quantitative estimate of drug-likeness (QED) is 0.315. The Hall–Kier alpha value is -1.44. The van der Waals surface area contributed by atoms with Gasteiger partial charge in [0.05, 0.1) is 0 Å². The molecule has 2 atom stereocenters. The Balaban J connectivity index is 3.06. The first-order chi connectivity index (χ1) is 7.16. The summed E-state index contributed by atoms with van der Waals surface area (Å²) in [4.78, 5) is 0. The fraction of sp³-hybridized carbons (Fsp3) is 0.400. The smallest absolute Gasteiger partial charge is 0.0472 e. The summed E-state index contributed by atoms with van der Waals surface area (Å²) in [6.45, 7) is 10.3. The lowest BCUT2D eigenvalue weighted by atomic mass is 9.83. The van der Waals surface area contributed by atoms with E-state index in [9.17, 15) is 0 Å². The molecule has 15 heavy (non-hydrogen) atoms. The van der Waals surface area contributed by atoms with Crippen LogP contribution in [0.1, 0.15) is 27.2 Å². The molecule has 0 heterocycles. The highest BCUT2D eigenvalue weighted by atomic mass is 14.2. The molecule has 78 valence electrons. The van der Waals surface area contributed by atoms with E-state index in [4.69, 9.17) is 0 Å². The van der Waals surface area contributed by atoms with Gasteiger partial charge in [-0.1, -0.05) is 43.9 Å². The summed E-state index contributed by atoms with van der Waals surface area (Å²) in [6, 6.07) is 0. The topological polar surface area (TPSA) is 0 Å². The minimum absolute atomic E-state index is 0.435. The summed E-state index contributed by atoms with van der Waals surface area (Å²) in [5.41, 5.74) is 5.82. The Kier molecular flexibility index (Phi) is 4.22. The van der Waals surface area contributed by atoms with Crippen LogP contribution in [0.15, 0.2) is 41.7 Å². The molecule has 1 aliphatic rings. The van der Waals surface area contributed by atoms with E-state index in [2.05, 4.69) is 57.1 Å². The zero-order valence-corrected chi connectivity index (χ0v) is 9.80. The van der Waals surface area contributed by atoms with Gasteiger partial charge in [0.2, 0.25) is 0 Å². The van der Waals surface area contributed by atoms with Gasteiger partial charge in [-0.15, -0.1) is 5.73 Å². The third-order valence-electron chi connectivity index (χ3n) is 3.05. The highest BCUT2D eigenvalue weighted by Crippen LogP contribution is 2.27. The van der Waals surface area contributed by atoms with E-state index in [-0.39, 0.29) is 0 Å². The Morgan fingerprint density at radius 3 is 2.87 bits per heavy atom. The third kappa shape index (κ3) is 3.01. The molecular formula is C15H18. The van der Waals surface area contributed by atoms with E-state index in [1.165, 1.54) is 5.57 Å². The molecule has 0 aromatic heterocycles. The highest BCUT2D eigenvalue weighted by Gasteiger charge is 2.17. The van der Waals surface area contributed by atoms with Gasteiger partial charge in [0, 0.05) is 11.5 Å². The van der Waals surface area contributed by atoms with Crippen LogP contribution in [0.25, 0.3) is 0 Å². The number of hydrogen-bond acceptors (Lipinski definition) is 0. The van der Waals surface area contributed by atoms with Crippen molar-refractivity contribution in [1.82, 2.24) is 0 Å². The average Bonchev–Trinajstić information content (AvgIpc) is 2.24. The molecule has 0 radical (unpaired) electrons. The van der Waals surface area contributed by atoms with Crippen LogP contribution in [-0.4, -0.2) is 0 Å². The Morgan fingerprint density at radius 2 is 2.20 bits per heavy atom. The van der Waals surface area contributed by atoms with Crippen molar-refractivity contribution in [3.05, 3.63) is 41.7 Å². The third-order valence-corrected chi connectivity index (χ3v) is 3.05. The predicted molar refractivity (Wildman–Crippen MR) is 66.3 cm³/mol. The van der Waals surface area contributed by atoms with Crippen molar-refractivity contribution >= 4 is 0 Å². The first-order valence-corrected chi connectivity index (χ1v) is 5.41. The first kappa shape index (κ1) is 11.6. The summed E-state index contributed by atoms with van der Waals surface area (Å²) in [7, 11) is 0. The largest absolute Gasteiger partial charge is 0.112 e. The van der Waals surface area contributed by atoms with Crippen molar-refractivity contribution < 1.29 is 0 Å². The van der Waals surface area contributed by atoms with Crippen molar-refractivity contribution in [2.24, 2.45) is 11.8 Å². The Labute approximate surface area is 93.1 Å². The van der Waals surface area contributed by atoms with E-state index in [0.717, 1.165) is 12.0 Å². The van der Waals surface area contributed by atoms with Crippen LogP contribution >= 0.6 is 0 Å². The average molecular weight is 198 g/mol. The van der Waals surface area contributed by atoms with Crippen molar-refractivity contribution in [2.45, 2.75) is 27.2 Å². The van der Waals surface area contributed by atoms with Gasteiger partial charge in [-0.05, 0) is 31.4 Å². The fourth-order valence-electron chi connectivity index (χ4n) is 1.65. The van der Waals surface area contributed by atoms with Crippen LogP contribution in [0.3, 0.4) is 0 Å². The zero-order valence-electron chi connectivity index (χ0n) is 9.80. The lowest BCUT2D eigenvalue weighted by Crippen LogP contribution is -2.11. The second-order valence-electron chi connectivity index (χ2n) is 4.00. The van der Waals surface area contributed by atoms with Gasteiger partial charge in [0.25, 0.3) is 0 Å². The molecule has 1 aliphatic carbocycles. The molecule has 1 rings (SSSR count). The van der Waals surface area contributed by atoms with E-state index < -0.39 is 0 Å². The second-order valence-corrected chi connectivity index (χ2v) is 4.00. The number of allylic oxidation sites excluding steroid dienone is 4. The molecule has 0 spiro atoms. The van der Waals surface area contributed by atoms with Crippen molar-refractivity contribution in [1.29, 1.82) is 0 Å². The van der Waals surface area contributed by atoms with Gasteiger partial charge in [0.1, 0.15) is 0 Å². The van der Waals surface area contributed by atoms with E-state index in [1.54, 1.807) is 6.08 Å². The molecule has 0 heteroatoms. The zero-order chi connectivity index (χ0) is 11.3. The van der Waals surface area contributed by atoms with Gasteiger partial charge in [-0.25, -0.2) is 0 Å². The first-order valence-electron chi connectivity index (χ1n) is 5.41. The standard InChI is InChI=1S/C15H18/c1-5-6-10-15-11-8-7-9-12(2)13(3)14(15)4/h5,8-9,13-14H,1,7H2,2-4H3. The maximum atomic E-state index is 3.61. The Morgan fingerprint density at radius 1 is 1.47 bits per heavy atom. The van der Waals surface area contributed by atoms with Gasteiger partial charge in [-0.3, -0.25) is 0 Å². The van der Waals surface area contributed by atoms with Crippen LogP contribution in [0, 0.1) is 23.7 Å². The molecule has 0 nitrogen and oxygen atoms in total. The van der Waals surface area contributed by atoms with Gasteiger partial charge in [0.15, 0.2) is 0 Å². The molecule has 0 saturated heterocycles. The molecular weight excluding hydrogens is 180 g/mol. The normalized spacial score (nSPS) is 25.3. The van der Waals surface area contributed by atoms with Gasteiger partial charge >= 0.3 is 0 Å². The highest BCUT2D eigenvalue weighted by molar-refractivity contribution is 5.35. The summed E-state index contributed by atoms with van der Waals surface area (Å²) in [5, 5.41) is 0. The monoisotopic (exact) mass is 198 g/mol. The van der Waals surface area contributed by atoms with Crippen molar-refractivity contribution in [2.75, 3.05) is 0 Å². The second kappa shape index (κ2) is 5.44. The molecule has 0 N–H and O–H groups in total. The van der Waals surface area contributed by atoms with Gasteiger partial charge in [-0.2, -0.15) is 0 Å². The minimum Gasteiger partial charge on any atom is -0.112 e. The summed E-state index contributed by atoms with van der Waals surface area (Å²) in [5.74, 6) is 7.00. The lowest BCUT2D eigenvalue weighted by molar-refractivity contribution is 0.513. The molecule has 0 amide bonds. The lowest BCUT2D eigenvalue weighted by Gasteiger charge is -2.20. The molecule has 0 aromatic rings. The summed E-state index contributed by atoms with van der Waals surface area (Å²) >= 11 is 0. The van der Waals surface area contributed by atoms with Crippen LogP contribution in [-0.2, 0) is 0 Å². The predicted octanol–water partition coefficient (Wildman–Crippen LogP) is 3.88. The fourth-order valence-corrected chi connectivity index (χ4v) is 1.65. The Bertz CT molecular complexity index is 389. The van der Waals surface area contributed by atoms with E-state index >= 15 is 0 Å². The van der Waals surface area contributed by atoms with Crippen LogP contribution in [0.4, 0.5) is 0 Å². The molecule has 0 aromatic carbocycles. The SMILES string of the molecule is C=CC#CC1=C=CCC=C(C)C(C)C1C. The molecule has 0 fully saturated rings. The van der Waals surface area contributed by atoms with Crippen molar-refractivity contribution in [3.8, 4) is 11.8 Å². The number of rotatable bonds is 0. The molecule has 0 saturated carbocycles. The van der Waals surface area contributed by atoms with Gasteiger partial charge < -0.3 is 0 Å². The minimum atomic E-state index is 0.435. The number of hydrogen-bond donors (Lipinski definition) is 0. The molecule has 0 bridgehead atoms. The maximum Gasteiger partial charge on any atom is 0.0472 e. The molecule has 0 aliphatic heterocycles. The molecule has 2 unspecified atom stereocenters. The van der Waals surface area contributed by atoms with Crippen LogP contribution in [0.5, 0.6) is 0 Å². The van der Waals surface area contributed by atoms with Crippen LogP contribution in [0.2, 0.25) is 0 Å².